The van der Waals surface area contributed by atoms with E-state index in [0.717, 1.165) is 47.9 Å². The van der Waals surface area contributed by atoms with E-state index in [4.69, 9.17) is 4.74 Å². The van der Waals surface area contributed by atoms with Crippen LogP contribution in [0.4, 0.5) is 17.6 Å². The maximum absolute atomic E-state index is 13.9. The fourth-order valence-electron chi connectivity index (χ4n) is 6.65. The van der Waals surface area contributed by atoms with Gasteiger partial charge in [0.25, 0.3) is 0 Å². The van der Waals surface area contributed by atoms with Crippen LogP contribution in [0.1, 0.15) is 50.8 Å². The number of β-amino-alcohol motifs (C(OH)–C–C–N with tert-alkyl or cyclic N) is 1. The van der Waals surface area contributed by atoms with Crippen LogP contribution >= 0.6 is 11.3 Å². The van der Waals surface area contributed by atoms with E-state index < -0.39 is 33.8 Å². The minimum atomic E-state index is -4.50. The number of hydrogen-bond donors (Lipinski definition) is 1. The number of piperidine rings is 1. The van der Waals surface area contributed by atoms with Crippen LogP contribution in [0.3, 0.4) is 0 Å². The number of aromatic nitrogens is 2. The summed E-state index contributed by atoms with van der Waals surface area (Å²) >= 11 is 1.23. The van der Waals surface area contributed by atoms with Crippen molar-refractivity contribution in [2.45, 2.75) is 50.6 Å². The number of likely N-dealkylation sites (tertiary alicyclic amines) is 1. The predicted molar refractivity (Wildman–Crippen MR) is 169 cm³/mol. The lowest BCUT2D eigenvalue weighted by Crippen LogP contribution is -2.40. The van der Waals surface area contributed by atoms with Crippen molar-refractivity contribution < 1.29 is 40.6 Å². The molecule has 15 heteroatoms. The second-order valence-corrected chi connectivity index (χ2v) is 15.1. The summed E-state index contributed by atoms with van der Waals surface area (Å²) in [7, 11) is -2.20. The first-order valence-electron chi connectivity index (χ1n) is 15.1. The Bertz CT molecular complexity index is 1900. The highest BCUT2D eigenvalue weighted by Crippen LogP contribution is 2.41. The van der Waals surface area contributed by atoms with Crippen LogP contribution in [0.25, 0.3) is 21.3 Å². The van der Waals surface area contributed by atoms with Crippen molar-refractivity contribution in [1.29, 1.82) is 0 Å². The lowest BCUT2D eigenvalue weighted by molar-refractivity contribution is -0.137. The number of halogens is 4. The fraction of sp³-hybridized carbons (Fsp3) is 0.438. The van der Waals surface area contributed by atoms with E-state index in [1.54, 1.807) is 10.7 Å². The van der Waals surface area contributed by atoms with Gasteiger partial charge in [0.05, 0.1) is 37.3 Å². The van der Waals surface area contributed by atoms with Crippen LogP contribution in [0.2, 0.25) is 0 Å². The number of carbonyl (C=O) groups excluding carboxylic acids is 1. The number of esters is 1. The van der Waals surface area contributed by atoms with Gasteiger partial charge in [-0.3, -0.25) is 4.68 Å². The van der Waals surface area contributed by atoms with Crippen molar-refractivity contribution in [3.63, 3.8) is 0 Å². The number of aliphatic hydroxyl groups excluding tert-OH is 1. The van der Waals surface area contributed by atoms with Gasteiger partial charge in [0, 0.05) is 47.6 Å². The highest BCUT2D eigenvalue weighted by molar-refractivity contribution is 7.88. The highest BCUT2D eigenvalue weighted by Gasteiger charge is 2.33. The number of sulfonamides is 1. The molecule has 2 aromatic heterocycles. The Morgan fingerprint density at radius 3 is 2.45 bits per heavy atom. The summed E-state index contributed by atoms with van der Waals surface area (Å²) < 4.78 is 86.9. The molecule has 0 saturated carbocycles. The smallest absolute Gasteiger partial charge is 0.416 e. The van der Waals surface area contributed by atoms with Gasteiger partial charge in [0.2, 0.25) is 10.0 Å². The number of fused-ring (bicyclic) bond motifs is 2. The summed E-state index contributed by atoms with van der Waals surface area (Å²) in [5.41, 5.74) is 2.25. The van der Waals surface area contributed by atoms with E-state index in [2.05, 4.69) is 10.00 Å². The van der Waals surface area contributed by atoms with Crippen molar-refractivity contribution in [2.24, 2.45) is 0 Å². The lowest BCUT2D eigenvalue weighted by atomic mass is 9.87. The molecule has 6 rings (SSSR count). The van der Waals surface area contributed by atoms with Crippen molar-refractivity contribution in [3.8, 4) is 11.3 Å². The molecule has 0 bridgehead atoms. The Hall–Kier alpha value is -3.37. The van der Waals surface area contributed by atoms with E-state index in [-0.39, 0.29) is 31.4 Å². The van der Waals surface area contributed by atoms with E-state index in [1.807, 2.05) is 0 Å². The summed E-state index contributed by atoms with van der Waals surface area (Å²) in [6.45, 7) is 2.02. The number of benzene rings is 2. The molecule has 47 heavy (non-hydrogen) atoms. The normalized spacial score (nSPS) is 17.6. The second-order valence-electron chi connectivity index (χ2n) is 12.1. The predicted octanol–water partition coefficient (Wildman–Crippen LogP) is 5.27. The average molecular weight is 695 g/mol. The molecule has 1 atom stereocenters. The molecule has 0 spiro atoms. The second kappa shape index (κ2) is 12.9. The molecule has 0 radical (unpaired) electrons. The van der Waals surface area contributed by atoms with Crippen molar-refractivity contribution in [3.05, 3.63) is 75.5 Å². The number of ether oxygens (including phenoxy) is 1. The molecule has 2 aliphatic heterocycles. The Labute approximate surface area is 273 Å². The first-order valence-corrected chi connectivity index (χ1v) is 17.8. The zero-order valence-corrected chi connectivity index (χ0v) is 27.4. The van der Waals surface area contributed by atoms with Crippen molar-refractivity contribution >= 4 is 37.4 Å². The van der Waals surface area contributed by atoms with Crippen LogP contribution in [-0.4, -0.2) is 84.1 Å². The molecular formula is C32H34F4N4O5S2. The molecule has 252 valence electrons. The van der Waals surface area contributed by atoms with Crippen LogP contribution in [0.5, 0.6) is 0 Å². The van der Waals surface area contributed by atoms with Crippen LogP contribution < -0.4 is 0 Å². The Balaban J connectivity index is 1.18. The van der Waals surface area contributed by atoms with Gasteiger partial charge in [0.1, 0.15) is 10.7 Å². The summed E-state index contributed by atoms with van der Waals surface area (Å²) in [6, 6.07) is 9.13. The van der Waals surface area contributed by atoms with Gasteiger partial charge < -0.3 is 14.7 Å². The molecule has 4 aromatic rings. The summed E-state index contributed by atoms with van der Waals surface area (Å²) in [5, 5.41) is 16.7. The zero-order valence-electron chi connectivity index (χ0n) is 25.8. The molecule has 2 aliphatic rings. The quantitative estimate of drug-likeness (QED) is 0.198. The minimum Gasteiger partial charge on any atom is -0.465 e. The van der Waals surface area contributed by atoms with E-state index in [1.165, 1.54) is 47.0 Å². The Morgan fingerprint density at radius 1 is 1.11 bits per heavy atom. The van der Waals surface area contributed by atoms with Crippen LogP contribution in [0, 0.1) is 5.82 Å². The third-order valence-electron chi connectivity index (χ3n) is 8.96. The zero-order chi connectivity index (χ0) is 33.7. The first kappa shape index (κ1) is 33.5. The monoisotopic (exact) mass is 694 g/mol. The standard InChI is InChI=1S/C32H34F4N4O5S2/c1-45-31(42)30-28(24-8-7-22(33)15-27(24)46-30)19-9-12-38(13-10-19)16-23(41)17-40-26-11-14-39(47(2,43)44)18-25(26)29(37-40)20-3-5-21(6-4-20)32(34,35)36/h3-8,15,19,23,41H,9-14,16-18H2,1-2H3. The molecule has 1 fully saturated rings. The lowest BCUT2D eigenvalue weighted by Gasteiger charge is -2.33. The molecule has 4 heterocycles. The summed E-state index contributed by atoms with van der Waals surface area (Å²) in [5.74, 6) is -0.764. The van der Waals surface area contributed by atoms with Gasteiger partial charge in [-0.2, -0.15) is 22.6 Å². The van der Waals surface area contributed by atoms with E-state index in [0.29, 0.717) is 52.5 Å². The molecule has 0 amide bonds. The third-order valence-corrected chi connectivity index (χ3v) is 11.4. The van der Waals surface area contributed by atoms with Crippen molar-refractivity contribution in [1.82, 2.24) is 19.0 Å². The van der Waals surface area contributed by atoms with Gasteiger partial charge in [-0.05, 0) is 67.1 Å². The van der Waals surface area contributed by atoms with Crippen LogP contribution in [0.15, 0.2) is 42.5 Å². The number of nitrogens with zero attached hydrogens (tertiary/aromatic N) is 4. The highest BCUT2D eigenvalue weighted by atomic mass is 32.2. The number of rotatable bonds is 8. The molecule has 9 nitrogen and oxygen atoms in total. The van der Waals surface area contributed by atoms with Crippen LogP contribution in [-0.2, 0) is 40.4 Å². The number of alkyl halides is 3. The maximum Gasteiger partial charge on any atom is 0.416 e. The molecule has 1 saturated heterocycles. The Kier molecular flexibility index (Phi) is 9.21. The van der Waals surface area contributed by atoms with Gasteiger partial charge in [-0.15, -0.1) is 11.3 Å². The molecule has 0 aliphatic carbocycles. The van der Waals surface area contributed by atoms with Crippen molar-refractivity contribution in [2.75, 3.05) is 39.5 Å². The third kappa shape index (κ3) is 6.95. The molecule has 1 unspecified atom stereocenters. The molecule has 2 aromatic carbocycles. The van der Waals surface area contributed by atoms with Gasteiger partial charge in [-0.25, -0.2) is 17.6 Å². The van der Waals surface area contributed by atoms with Gasteiger partial charge in [0.15, 0.2) is 0 Å². The average Bonchev–Trinajstić information content (AvgIpc) is 3.58. The van der Waals surface area contributed by atoms with Gasteiger partial charge in [-0.1, -0.05) is 18.2 Å². The fourth-order valence-corrected chi connectivity index (χ4v) is 8.67. The number of aliphatic hydroxyl groups is 1. The van der Waals surface area contributed by atoms with E-state index >= 15 is 0 Å². The topological polar surface area (TPSA) is 105 Å². The van der Waals surface area contributed by atoms with E-state index in [9.17, 15) is 35.9 Å². The number of methoxy groups -OCH3 is 1. The minimum absolute atomic E-state index is 0.0333. The number of carbonyl (C=O) groups is 1. The SMILES string of the molecule is COC(=O)c1sc2cc(F)ccc2c1C1CCN(CC(O)Cn2nc(-c3ccc(C(F)(F)F)cc3)c3c2CCN(S(C)(=O)=O)C3)CC1. The molecular weight excluding hydrogens is 661 g/mol. The Morgan fingerprint density at radius 2 is 1.81 bits per heavy atom. The maximum atomic E-state index is 13.9. The summed E-state index contributed by atoms with van der Waals surface area (Å²) in [4.78, 5) is 15.2. The van der Waals surface area contributed by atoms with Gasteiger partial charge >= 0.3 is 12.1 Å². The molecule has 1 N–H and O–H groups in total. The summed E-state index contributed by atoms with van der Waals surface area (Å²) in [6.07, 6.45) is -2.44. The first-order chi connectivity index (χ1) is 22.2. The largest absolute Gasteiger partial charge is 0.465 e. The number of thiophene rings is 1. The number of hydrogen-bond acceptors (Lipinski definition) is 8.